The molecule has 1 rings (SSSR count). The Labute approximate surface area is 131 Å². The summed E-state index contributed by atoms with van der Waals surface area (Å²) >= 11 is 3.46. The molecule has 0 radical (unpaired) electrons. The highest BCUT2D eigenvalue weighted by Crippen LogP contribution is 2.24. The van der Waals surface area contributed by atoms with E-state index in [1.54, 1.807) is 0 Å². The Bertz CT molecular complexity index is 394. The van der Waals surface area contributed by atoms with Crippen molar-refractivity contribution in [2.45, 2.75) is 33.8 Å². The molecule has 0 amide bonds. The van der Waals surface area contributed by atoms with Crippen LogP contribution in [0, 0.1) is 0 Å². The fourth-order valence-electron chi connectivity index (χ4n) is 2.46. The molecule has 0 saturated carbocycles. The first-order valence-corrected chi connectivity index (χ1v) is 8.32. The van der Waals surface area contributed by atoms with Gasteiger partial charge in [0.15, 0.2) is 0 Å². The van der Waals surface area contributed by atoms with Gasteiger partial charge in [-0.3, -0.25) is 0 Å². The summed E-state index contributed by atoms with van der Waals surface area (Å²) in [7, 11) is 0. The van der Waals surface area contributed by atoms with Crippen LogP contribution < -0.4 is 4.90 Å². The van der Waals surface area contributed by atoms with Gasteiger partial charge in [-0.25, -0.2) is 0 Å². The first-order valence-electron chi connectivity index (χ1n) is 7.52. The van der Waals surface area contributed by atoms with Gasteiger partial charge >= 0.3 is 0 Å². The van der Waals surface area contributed by atoms with Gasteiger partial charge in [-0.1, -0.05) is 29.8 Å². The zero-order chi connectivity index (χ0) is 15.0. The molecule has 0 fully saturated rings. The average molecular weight is 343 g/mol. The Morgan fingerprint density at radius 1 is 1.05 bits per heavy atom. The van der Waals surface area contributed by atoms with Gasteiger partial charge in [0, 0.05) is 28.8 Å². The Kier molecular flexibility index (Phi) is 8.19. The van der Waals surface area contributed by atoms with Crippen LogP contribution in [0.25, 0.3) is 0 Å². The fourth-order valence-corrected chi connectivity index (χ4v) is 2.87. The molecule has 0 atom stereocenters. The average Bonchev–Trinajstić information content (AvgIpc) is 2.48. The van der Waals surface area contributed by atoms with Crippen LogP contribution in [-0.4, -0.2) is 42.7 Å². The highest BCUT2D eigenvalue weighted by Gasteiger charge is 2.10. The van der Waals surface area contributed by atoms with Crippen LogP contribution in [0.1, 0.15) is 32.8 Å². The van der Waals surface area contributed by atoms with E-state index in [1.807, 2.05) is 12.1 Å². The largest absolute Gasteiger partial charge is 0.392 e. The smallest absolute Gasteiger partial charge is 0.0702 e. The molecule has 0 aliphatic heterocycles. The normalized spacial score (nSPS) is 11.1. The van der Waals surface area contributed by atoms with Gasteiger partial charge in [0.25, 0.3) is 0 Å². The van der Waals surface area contributed by atoms with Crippen molar-refractivity contribution >= 4 is 21.6 Å². The number of benzene rings is 1. The van der Waals surface area contributed by atoms with Gasteiger partial charge in [-0.15, -0.1) is 0 Å². The molecule has 20 heavy (non-hydrogen) atoms. The fraction of sp³-hybridized carbons (Fsp3) is 0.625. The van der Waals surface area contributed by atoms with E-state index >= 15 is 0 Å². The number of aliphatic hydroxyl groups is 1. The molecule has 1 aromatic rings. The molecule has 0 heterocycles. The Balaban J connectivity index is 2.66. The summed E-state index contributed by atoms with van der Waals surface area (Å²) in [6.45, 7) is 12.0. The van der Waals surface area contributed by atoms with E-state index in [4.69, 9.17) is 0 Å². The number of anilines is 1. The molecule has 0 aliphatic carbocycles. The summed E-state index contributed by atoms with van der Waals surface area (Å²) in [6.07, 6.45) is 1.15. The zero-order valence-electron chi connectivity index (χ0n) is 12.9. The molecule has 4 heteroatoms. The summed E-state index contributed by atoms with van der Waals surface area (Å²) in [5.74, 6) is 0. The van der Waals surface area contributed by atoms with Crippen molar-refractivity contribution in [3.05, 3.63) is 28.2 Å². The lowest BCUT2D eigenvalue weighted by Gasteiger charge is -2.27. The summed E-state index contributed by atoms with van der Waals surface area (Å²) in [5, 5.41) is 9.52. The standard InChI is InChI=1S/C16H27BrN2O/c1-4-18(5-2)10-7-11-19(6-3)16-9-8-15(17)12-14(16)13-20/h8-9,12,20H,4-7,10-11,13H2,1-3H3. The summed E-state index contributed by atoms with van der Waals surface area (Å²) in [5.41, 5.74) is 2.14. The van der Waals surface area contributed by atoms with Crippen LogP contribution in [0.2, 0.25) is 0 Å². The highest BCUT2D eigenvalue weighted by atomic mass is 79.9. The third-order valence-corrected chi connectivity index (χ3v) is 4.22. The van der Waals surface area contributed by atoms with Crippen molar-refractivity contribution in [3.63, 3.8) is 0 Å². The van der Waals surface area contributed by atoms with Gasteiger partial charge in [-0.05, 0) is 51.2 Å². The Hall–Kier alpha value is -0.580. The van der Waals surface area contributed by atoms with Crippen molar-refractivity contribution in [3.8, 4) is 0 Å². The van der Waals surface area contributed by atoms with Crippen LogP contribution in [-0.2, 0) is 6.61 Å². The lowest BCUT2D eigenvalue weighted by atomic mass is 10.1. The third-order valence-electron chi connectivity index (χ3n) is 3.73. The topological polar surface area (TPSA) is 26.7 Å². The van der Waals surface area contributed by atoms with Gasteiger partial charge in [0.2, 0.25) is 0 Å². The van der Waals surface area contributed by atoms with E-state index in [1.165, 1.54) is 0 Å². The lowest BCUT2D eigenvalue weighted by Crippen LogP contribution is -2.30. The van der Waals surface area contributed by atoms with Crippen molar-refractivity contribution in [1.29, 1.82) is 0 Å². The predicted molar refractivity (Wildman–Crippen MR) is 90.4 cm³/mol. The number of halogens is 1. The summed E-state index contributed by atoms with van der Waals surface area (Å²) in [6, 6.07) is 6.14. The Morgan fingerprint density at radius 3 is 2.30 bits per heavy atom. The molecule has 1 aromatic carbocycles. The monoisotopic (exact) mass is 342 g/mol. The zero-order valence-corrected chi connectivity index (χ0v) is 14.5. The first kappa shape index (κ1) is 17.5. The van der Waals surface area contributed by atoms with E-state index in [-0.39, 0.29) is 6.61 Å². The number of nitrogens with zero attached hydrogens (tertiary/aromatic N) is 2. The summed E-state index contributed by atoms with van der Waals surface area (Å²) in [4.78, 5) is 4.80. The van der Waals surface area contributed by atoms with Gasteiger partial charge in [0.1, 0.15) is 0 Å². The minimum Gasteiger partial charge on any atom is -0.392 e. The molecular weight excluding hydrogens is 316 g/mol. The SMILES string of the molecule is CCN(CC)CCCN(CC)c1ccc(Br)cc1CO. The maximum absolute atomic E-state index is 9.52. The first-order chi connectivity index (χ1) is 9.65. The van der Waals surface area contributed by atoms with Crippen LogP contribution in [0.4, 0.5) is 5.69 Å². The molecule has 0 spiro atoms. The molecule has 0 aliphatic rings. The second-order valence-corrected chi connectivity index (χ2v) is 5.81. The number of aliphatic hydroxyl groups excluding tert-OH is 1. The predicted octanol–water partition coefficient (Wildman–Crippen LogP) is 3.50. The van der Waals surface area contributed by atoms with E-state index in [9.17, 15) is 5.11 Å². The number of rotatable bonds is 9. The van der Waals surface area contributed by atoms with E-state index in [2.05, 4.69) is 52.6 Å². The molecule has 0 aromatic heterocycles. The van der Waals surface area contributed by atoms with Gasteiger partial charge in [-0.2, -0.15) is 0 Å². The quantitative estimate of drug-likeness (QED) is 0.743. The van der Waals surface area contributed by atoms with E-state index in [0.29, 0.717) is 0 Å². The Morgan fingerprint density at radius 2 is 1.75 bits per heavy atom. The van der Waals surface area contributed by atoms with Crippen molar-refractivity contribution < 1.29 is 5.11 Å². The maximum Gasteiger partial charge on any atom is 0.0702 e. The molecule has 0 bridgehead atoms. The van der Waals surface area contributed by atoms with Crippen LogP contribution in [0.3, 0.4) is 0 Å². The third kappa shape index (κ3) is 5.08. The minimum atomic E-state index is 0.0846. The lowest BCUT2D eigenvalue weighted by molar-refractivity contribution is 0.281. The van der Waals surface area contributed by atoms with Gasteiger partial charge in [0.05, 0.1) is 6.61 Å². The van der Waals surface area contributed by atoms with Crippen molar-refractivity contribution in [1.82, 2.24) is 4.90 Å². The van der Waals surface area contributed by atoms with Crippen molar-refractivity contribution in [2.75, 3.05) is 37.6 Å². The molecular formula is C16H27BrN2O. The molecule has 0 unspecified atom stereocenters. The number of hydrogen-bond acceptors (Lipinski definition) is 3. The van der Waals surface area contributed by atoms with Crippen LogP contribution in [0.5, 0.6) is 0 Å². The second-order valence-electron chi connectivity index (χ2n) is 4.89. The maximum atomic E-state index is 9.52. The van der Waals surface area contributed by atoms with Gasteiger partial charge < -0.3 is 14.9 Å². The molecule has 1 N–H and O–H groups in total. The number of hydrogen-bond donors (Lipinski definition) is 1. The highest BCUT2D eigenvalue weighted by molar-refractivity contribution is 9.10. The van der Waals surface area contributed by atoms with Crippen LogP contribution >= 0.6 is 15.9 Å². The second kappa shape index (κ2) is 9.37. The summed E-state index contributed by atoms with van der Waals surface area (Å²) < 4.78 is 1.02. The molecule has 0 saturated heterocycles. The minimum absolute atomic E-state index is 0.0846. The molecule has 3 nitrogen and oxygen atoms in total. The van der Waals surface area contributed by atoms with E-state index in [0.717, 1.165) is 54.9 Å². The van der Waals surface area contributed by atoms with Crippen LogP contribution in [0.15, 0.2) is 22.7 Å². The van der Waals surface area contributed by atoms with Crippen molar-refractivity contribution in [2.24, 2.45) is 0 Å². The van der Waals surface area contributed by atoms with E-state index < -0.39 is 0 Å². The molecule has 114 valence electrons.